The van der Waals surface area contributed by atoms with Crippen molar-refractivity contribution in [3.63, 3.8) is 0 Å². The third-order valence-corrected chi connectivity index (χ3v) is 4.96. The fourth-order valence-corrected chi connectivity index (χ4v) is 3.22. The first-order valence-corrected chi connectivity index (χ1v) is 8.93. The van der Waals surface area contributed by atoms with Crippen molar-refractivity contribution in [2.75, 3.05) is 13.7 Å². The van der Waals surface area contributed by atoms with Gasteiger partial charge >= 0.3 is 6.03 Å². The summed E-state index contributed by atoms with van der Waals surface area (Å²) in [5, 5.41) is 13.1. The molecular formula is C21H24N2O4. The van der Waals surface area contributed by atoms with Gasteiger partial charge in [0.15, 0.2) is 0 Å². The second-order valence-corrected chi connectivity index (χ2v) is 6.95. The third-order valence-electron chi connectivity index (χ3n) is 4.96. The molecule has 6 heteroatoms. The zero-order valence-corrected chi connectivity index (χ0v) is 15.5. The van der Waals surface area contributed by atoms with E-state index in [9.17, 15) is 14.7 Å². The Hall–Kier alpha value is -2.86. The van der Waals surface area contributed by atoms with Crippen LogP contribution in [0.15, 0.2) is 54.6 Å². The predicted octanol–water partition coefficient (Wildman–Crippen LogP) is 2.67. The van der Waals surface area contributed by atoms with Crippen molar-refractivity contribution in [2.24, 2.45) is 0 Å². The number of aliphatic hydroxyl groups is 1. The number of β-amino-alcohol motifs (C(OH)–C–C–N with tert-alkyl or cyclic N) is 1. The molecule has 27 heavy (non-hydrogen) atoms. The molecule has 0 saturated carbocycles. The molecule has 2 N–H and O–H groups in total. The second kappa shape index (κ2) is 7.80. The van der Waals surface area contributed by atoms with E-state index >= 15 is 0 Å². The average Bonchev–Trinajstić information content (AvgIpc) is 2.91. The number of urea groups is 1. The Kier molecular flexibility index (Phi) is 5.46. The monoisotopic (exact) mass is 368 g/mol. The number of rotatable bonds is 7. The van der Waals surface area contributed by atoms with Crippen LogP contribution in [-0.4, -0.2) is 41.1 Å². The number of hydrogen-bond donors (Lipinski definition) is 2. The van der Waals surface area contributed by atoms with Crippen molar-refractivity contribution < 1.29 is 19.4 Å². The lowest BCUT2D eigenvalue weighted by Gasteiger charge is -2.22. The largest absolute Gasteiger partial charge is 0.497 e. The van der Waals surface area contributed by atoms with Gasteiger partial charge in [0.25, 0.3) is 5.91 Å². The highest BCUT2D eigenvalue weighted by Gasteiger charge is 2.47. The maximum atomic E-state index is 12.8. The van der Waals surface area contributed by atoms with Crippen LogP contribution in [0.3, 0.4) is 0 Å². The maximum absolute atomic E-state index is 12.8. The summed E-state index contributed by atoms with van der Waals surface area (Å²) in [4.78, 5) is 26.3. The van der Waals surface area contributed by atoms with E-state index in [4.69, 9.17) is 4.74 Å². The highest BCUT2D eigenvalue weighted by atomic mass is 16.5. The molecule has 0 unspecified atom stereocenters. The molecule has 1 fully saturated rings. The van der Waals surface area contributed by atoms with Crippen molar-refractivity contribution in [1.82, 2.24) is 10.2 Å². The Balaban J connectivity index is 1.64. The quantitative estimate of drug-likeness (QED) is 0.737. The average molecular weight is 368 g/mol. The number of hydrogen-bond acceptors (Lipinski definition) is 4. The Morgan fingerprint density at radius 2 is 1.78 bits per heavy atom. The van der Waals surface area contributed by atoms with Crippen LogP contribution in [0.1, 0.15) is 30.6 Å². The summed E-state index contributed by atoms with van der Waals surface area (Å²) in [5.74, 6) is 0.465. The van der Waals surface area contributed by atoms with Crippen LogP contribution >= 0.6 is 0 Å². The van der Waals surface area contributed by atoms with E-state index in [0.29, 0.717) is 18.4 Å². The number of ether oxygens (including phenoxy) is 1. The lowest BCUT2D eigenvalue weighted by atomic mass is 9.93. The zero-order chi connectivity index (χ0) is 19.4. The van der Waals surface area contributed by atoms with Gasteiger partial charge in [-0.05, 0) is 43.0 Å². The maximum Gasteiger partial charge on any atom is 0.325 e. The predicted molar refractivity (Wildman–Crippen MR) is 101 cm³/mol. The van der Waals surface area contributed by atoms with E-state index in [0.717, 1.165) is 16.2 Å². The molecule has 1 heterocycles. The van der Waals surface area contributed by atoms with Crippen LogP contribution in [0.5, 0.6) is 5.75 Å². The van der Waals surface area contributed by atoms with Crippen LogP contribution in [-0.2, 0) is 11.2 Å². The van der Waals surface area contributed by atoms with Crippen molar-refractivity contribution in [3.8, 4) is 5.75 Å². The molecule has 0 radical (unpaired) electrons. The van der Waals surface area contributed by atoms with Crippen molar-refractivity contribution >= 4 is 11.9 Å². The van der Waals surface area contributed by atoms with Gasteiger partial charge in [-0.1, -0.05) is 42.5 Å². The molecular weight excluding hydrogens is 344 g/mol. The molecule has 1 saturated heterocycles. The fraction of sp³-hybridized carbons (Fsp3) is 0.333. The number of benzene rings is 2. The number of methoxy groups -OCH3 is 1. The highest BCUT2D eigenvalue weighted by Crippen LogP contribution is 2.26. The van der Waals surface area contributed by atoms with E-state index in [2.05, 4.69) is 5.32 Å². The van der Waals surface area contributed by atoms with Crippen LogP contribution in [0.25, 0.3) is 0 Å². The summed E-state index contributed by atoms with van der Waals surface area (Å²) >= 11 is 0. The number of aliphatic hydroxyl groups excluding tert-OH is 1. The van der Waals surface area contributed by atoms with E-state index < -0.39 is 17.7 Å². The first kappa shape index (κ1) is 18.9. The zero-order valence-electron chi connectivity index (χ0n) is 15.5. The molecule has 3 rings (SSSR count). The van der Waals surface area contributed by atoms with Crippen LogP contribution in [0.4, 0.5) is 4.79 Å². The smallest absolute Gasteiger partial charge is 0.325 e. The normalized spacial score (nSPS) is 20.5. The number of aryl methyl sites for hydroxylation is 1. The fourth-order valence-electron chi connectivity index (χ4n) is 3.22. The van der Waals surface area contributed by atoms with Gasteiger partial charge in [0.2, 0.25) is 0 Å². The molecule has 3 amide bonds. The van der Waals surface area contributed by atoms with Gasteiger partial charge in [-0.15, -0.1) is 0 Å². The second-order valence-electron chi connectivity index (χ2n) is 6.95. The lowest BCUT2D eigenvalue weighted by molar-refractivity contribution is -0.132. The third kappa shape index (κ3) is 4.11. The molecule has 2 atom stereocenters. The molecule has 0 bridgehead atoms. The van der Waals surface area contributed by atoms with Gasteiger partial charge in [-0.2, -0.15) is 0 Å². The molecule has 6 nitrogen and oxygen atoms in total. The summed E-state index contributed by atoms with van der Waals surface area (Å²) in [6, 6.07) is 16.2. The minimum atomic E-state index is -0.979. The lowest BCUT2D eigenvalue weighted by Crippen LogP contribution is -2.44. The van der Waals surface area contributed by atoms with Crippen LogP contribution < -0.4 is 10.1 Å². The molecule has 2 aromatic carbocycles. The molecule has 1 aliphatic rings. The molecule has 142 valence electrons. The van der Waals surface area contributed by atoms with Crippen LogP contribution in [0.2, 0.25) is 0 Å². The molecule has 0 aromatic heterocycles. The molecule has 1 aliphatic heterocycles. The van der Waals surface area contributed by atoms with Crippen molar-refractivity contribution in [1.29, 1.82) is 0 Å². The van der Waals surface area contributed by atoms with E-state index in [-0.39, 0.29) is 12.5 Å². The van der Waals surface area contributed by atoms with Crippen molar-refractivity contribution in [2.45, 2.75) is 31.4 Å². The molecule has 0 spiro atoms. The first-order valence-electron chi connectivity index (χ1n) is 8.93. The number of carbonyl (C=O) groups is 2. The minimum absolute atomic E-state index is 0.0627. The van der Waals surface area contributed by atoms with E-state index in [1.54, 1.807) is 26.2 Å². The number of nitrogens with one attached hydrogen (secondary N) is 1. The Morgan fingerprint density at radius 3 is 2.41 bits per heavy atom. The van der Waals surface area contributed by atoms with Crippen LogP contribution in [0, 0.1) is 0 Å². The number of carbonyl (C=O) groups excluding carboxylic acids is 2. The molecule has 0 aliphatic carbocycles. The number of nitrogens with zero attached hydrogens (tertiary/aromatic N) is 1. The summed E-state index contributed by atoms with van der Waals surface area (Å²) in [6.07, 6.45) is 0.202. The Morgan fingerprint density at radius 1 is 1.11 bits per heavy atom. The first-order chi connectivity index (χ1) is 12.9. The van der Waals surface area contributed by atoms with Gasteiger partial charge in [-0.3, -0.25) is 9.69 Å². The van der Waals surface area contributed by atoms with Gasteiger partial charge in [0.1, 0.15) is 11.3 Å². The van der Waals surface area contributed by atoms with Gasteiger partial charge in [0, 0.05) is 0 Å². The summed E-state index contributed by atoms with van der Waals surface area (Å²) in [5.41, 5.74) is 0.750. The Bertz CT molecular complexity index is 807. The molecule has 2 aromatic rings. The van der Waals surface area contributed by atoms with Gasteiger partial charge in [0.05, 0.1) is 19.8 Å². The topological polar surface area (TPSA) is 78.9 Å². The van der Waals surface area contributed by atoms with Gasteiger partial charge in [-0.25, -0.2) is 4.79 Å². The number of imide groups is 1. The van der Waals surface area contributed by atoms with Crippen molar-refractivity contribution in [3.05, 3.63) is 65.7 Å². The van der Waals surface area contributed by atoms with E-state index in [1.807, 2.05) is 42.5 Å². The summed E-state index contributed by atoms with van der Waals surface area (Å²) in [6.45, 7) is 1.67. The summed E-state index contributed by atoms with van der Waals surface area (Å²) in [7, 11) is 1.61. The highest BCUT2D eigenvalue weighted by molar-refractivity contribution is 6.06. The van der Waals surface area contributed by atoms with Gasteiger partial charge < -0.3 is 15.2 Å². The van der Waals surface area contributed by atoms with E-state index in [1.165, 1.54) is 0 Å². The SMILES string of the molecule is COc1ccc(CC[C@@]2(C)NC(=O)N(C[C@@H](O)c3ccccc3)C2=O)cc1. The summed E-state index contributed by atoms with van der Waals surface area (Å²) < 4.78 is 5.14. The standard InChI is InChI=1S/C21H24N2O4/c1-21(13-12-15-8-10-17(27-2)11-9-15)19(25)23(20(26)22-21)14-18(24)16-6-4-3-5-7-16/h3-11,18,24H,12-14H2,1-2H3,(H,22,26)/t18-,21-/m1/s1. The number of amides is 3. The Labute approximate surface area is 158 Å². The minimum Gasteiger partial charge on any atom is -0.497 e.